The van der Waals surface area contributed by atoms with Crippen LogP contribution in [-0.2, 0) is 6.54 Å². The highest BCUT2D eigenvalue weighted by Gasteiger charge is 2.11. The predicted molar refractivity (Wildman–Crippen MR) is 106 cm³/mol. The number of benzene rings is 1. The Morgan fingerprint density at radius 1 is 1.04 bits per heavy atom. The number of halogens is 3. The van der Waals surface area contributed by atoms with Crippen molar-refractivity contribution in [2.24, 2.45) is 0 Å². The van der Waals surface area contributed by atoms with Gasteiger partial charge in [0.05, 0.1) is 11.9 Å². The van der Waals surface area contributed by atoms with Crippen LogP contribution in [0.3, 0.4) is 0 Å². The number of rotatable bonds is 4. The average Bonchev–Trinajstić information content (AvgIpc) is 3.04. The number of nitrogens with zero attached hydrogens (tertiary/aromatic N) is 3. The standard InChI is InChI=1S/C18H12Cl3N5/c19-11-5-4-10(13(20)6-11)7-22-16-3-1-2-14(25-16)12-8-23-18-17(12)26-15(21)9-24-18/h1-6,8-9H,7H2,(H,22,25)(H,23,24). The van der Waals surface area contributed by atoms with Gasteiger partial charge in [0.1, 0.15) is 16.5 Å². The van der Waals surface area contributed by atoms with Crippen LogP contribution < -0.4 is 5.32 Å². The quantitative estimate of drug-likeness (QED) is 0.465. The maximum Gasteiger partial charge on any atom is 0.156 e. The summed E-state index contributed by atoms with van der Waals surface area (Å²) in [7, 11) is 0. The van der Waals surface area contributed by atoms with Crippen molar-refractivity contribution in [3.8, 4) is 11.3 Å². The van der Waals surface area contributed by atoms with Crippen LogP contribution in [0.15, 0.2) is 48.8 Å². The molecule has 0 unspecified atom stereocenters. The van der Waals surface area contributed by atoms with Crippen LogP contribution in [0.2, 0.25) is 15.2 Å². The second-order valence-corrected chi connectivity index (χ2v) is 6.82. The molecule has 3 aromatic heterocycles. The zero-order chi connectivity index (χ0) is 18.1. The molecule has 0 saturated carbocycles. The normalized spacial score (nSPS) is 11.0. The molecule has 0 aliphatic carbocycles. The first-order chi connectivity index (χ1) is 12.6. The summed E-state index contributed by atoms with van der Waals surface area (Å²) >= 11 is 18.1. The van der Waals surface area contributed by atoms with E-state index in [4.69, 9.17) is 34.8 Å². The van der Waals surface area contributed by atoms with E-state index in [9.17, 15) is 0 Å². The van der Waals surface area contributed by atoms with E-state index in [1.54, 1.807) is 6.07 Å². The van der Waals surface area contributed by atoms with E-state index in [1.807, 2.05) is 36.5 Å². The average molecular weight is 405 g/mol. The highest BCUT2D eigenvalue weighted by atomic mass is 35.5. The molecular weight excluding hydrogens is 393 g/mol. The summed E-state index contributed by atoms with van der Waals surface area (Å²) in [6, 6.07) is 11.1. The molecule has 2 N–H and O–H groups in total. The Balaban J connectivity index is 1.61. The first-order valence-electron chi connectivity index (χ1n) is 7.75. The number of aromatic nitrogens is 4. The Morgan fingerprint density at radius 2 is 1.92 bits per heavy atom. The van der Waals surface area contributed by atoms with Gasteiger partial charge in [-0.3, -0.25) is 0 Å². The SMILES string of the molecule is Clc1ccc(CNc2cccc(-c3c[nH]c4ncc(Cl)nc34)n2)c(Cl)c1. The van der Waals surface area contributed by atoms with Crippen LogP contribution in [0.1, 0.15) is 5.56 Å². The second kappa shape index (κ2) is 7.11. The van der Waals surface area contributed by atoms with E-state index in [-0.39, 0.29) is 0 Å². The van der Waals surface area contributed by atoms with E-state index in [0.29, 0.717) is 32.9 Å². The molecule has 0 radical (unpaired) electrons. The number of fused-ring (bicyclic) bond motifs is 1. The summed E-state index contributed by atoms with van der Waals surface area (Å²) in [5.74, 6) is 0.720. The summed E-state index contributed by atoms with van der Waals surface area (Å²) in [6.07, 6.45) is 3.33. The molecule has 0 fully saturated rings. The zero-order valence-electron chi connectivity index (χ0n) is 13.3. The van der Waals surface area contributed by atoms with Crippen LogP contribution in [0, 0.1) is 0 Å². The van der Waals surface area contributed by atoms with Gasteiger partial charge >= 0.3 is 0 Å². The van der Waals surface area contributed by atoms with E-state index < -0.39 is 0 Å². The minimum Gasteiger partial charge on any atom is -0.366 e. The van der Waals surface area contributed by atoms with Crippen LogP contribution >= 0.6 is 34.8 Å². The summed E-state index contributed by atoms with van der Waals surface area (Å²) in [5, 5.41) is 4.83. The van der Waals surface area contributed by atoms with E-state index in [2.05, 4.69) is 25.3 Å². The van der Waals surface area contributed by atoms with Gasteiger partial charge < -0.3 is 10.3 Å². The molecule has 4 aromatic rings. The highest BCUT2D eigenvalue weighted by molar-refractivity contribution is 6.35. The Labute approximate surface area is 164 Å². The molecule has 4 rings (SSSR count). The van der Waals surface area contributed by atoms with Gasteiger partial charge in [0.15, 0.2) is 5.65 Å². The Kier molecular flexibility index (Phi) is 4.68. The monoisotopic (exact) mass is 403 g/mol. The summed E-state index contributed by atoms with van der Waals surface area (Å²) in [5.41, 5.74) is 3.89. The Morgan fingerprint density at radius 3 is 2.77 bits per heavy atom. The maximum absolute atomic E-state index is 6.21. The zero-order valence-corrected chi connectivity index (χ0v) is 15.6. The Hall–Kier alpha value is -2.34. The van der Waals surface area contributed by atoms with Crippen molar-refractivity contribution < 1.29 is 0 Å². The molecule has 0 bridgehead atoms. The van der Waals surface area contributed by atoms with Crippen molar-refractivity contribution in [3.63, 3.8) is 0 Å². The fourth-order valence-corrected chi connectivity index (χ4v) is 3.21. The van der Waals surface area contributed by atoms with Crippen LogP contribution in [0.25, 0.3) is 22.4 Å². The minimum atomic E-state index is 0.338. The molecule has 0 atom stereocenters. The molecule has 3 heterocycles. The Bertz CT molecular complexity index is 1090. The molecule has 0 saturated heterocycles. The van der Waals surface area contributed by atoms with E-state index in [0.717, 1.165) is 22.6 Å². The third-order valence-corrected chi connectivity index (χ3v) is 4.62. The molecule has 5 nitrogen and oxygen atoms in total. The molecule has 0 aliphatic rings. The fourth-order valence-electron chi connectivity index (χ4n) is 2.60. The van der Waals surface area contributed by atoms with Crippen LogP contribution in [-0.4, -0.2) is 19.9 Å². The molecule has 26 heavy (non-hydrogen) atoms. The smallest absolute Gasteiger partial charge is 0.156 e. The van der Waals surface area contributed by atoms with Crippen LogP contribution in [0.5, 0.6) is 0 Å². The van der Waals surface area contributed by atoms with Gasteiger partial charge in [-0.25, -0.2) is 15.0 Å². The number of aromatic amines is 1. The van der Waals surface area contributed by atoms with E-state index in [1.165, 1.54) is 6.20 Å². The number of hydrogen-bond acceptors (Lipinski definition) is 4. The van der Waals surface area contributed by atoms with Gasteiger partial charge in [0, 0.05) is 28.4 Å². The molecule has 0 amide bonds. The first kappa shape index (κ1) is 17.1. The molecule has 0 aliphatic heterocycles. The lowest BCUT2D eigenvalue weighted by atomic mass is 10.2. The fraction of sp³-hybridized carbons (Fsp3) is 0.0556. The first-order valence-corrected chi connectivity index (χ1v) is 8.88. The lowest BCUT2D eigenvalue weighted by Crippen LogP contribution is -2.02. The van der Waals surface area contributed by atoms with Gasteiger partial charge in [0.2, 0.25) is 0 Å². The maximum atomic E-state index is 6.21. The van der Waals surface area contributed by atoms with Crippen molar-refractivity contribution in [2.45, 2.75) is 6.54 Å². The lowest BCUT2D eigenvalue weighted by molar-refractivity contribution is 1.11. The third-order valence-electron chi connectivity index (χ3n) is 3.85. The van der Waals surface area contributed by atoms with Crippen molar-refractivity contribution >= 4 is 51.8 Å². The van der Waals surface area contributed by atoms with Gasteiger partial charge in [-0.15, -0.1) is 0 Å². The van der Waals surface area contributed by atoms with Gasteiger partial charge in [-0.2, -0.15) is 0 Å². The lowest BCUT2D eigenvalue weighted by Gasteiger charge is -2.09. The second-order valence-electron chi connectivity index (χ2n) is 5.59. The van der Waals surface area contributed by atoms with E-state index >= 15 is 0 Å². The van der Waals surface area contributed by atoms with Crippen molar-refractivity contribution in [2.75, 3.05) is 5.32 Å². The third kappa shape index (κ3) is 3.46. The number of nitrogens with one attached hydrogen (secondary N) is 2. The van der Waals surface area contributed by atoms with Crippen molar-refractivity contribution in [1.29, 1.82) is 0 Å². The molecule has 130 valence electrons. The topological polar surface area (TPSA) is 66.5 Å². The van der Waals surface area contributed by atoms with Gasteiger partial charge in [0.25, 0.3) is 0 Å². The number of pyridine rings is 1. The molecule has 0 spiro atoms. The molecule has 8 heteroatoms. The molecule has 1 aromatic carbocycles. The minimum absolute atomic E-state index is 0.338. The summed E-state index contributed by atoms with van der Waals surface area (Å²) < 4.78 is 0. The van der Waals surface area contributed by atoms with Gasteiger partial charge in [-0.1, -0.05) is 46.9 Å². The number of hydrogen-bond donors (Lipinski definition) is 2. The summed E-state index contributed by atoms with van der Waals surface area (Å²) in [6.45, 7) is 0.534. The number of H-pyrrole nitrogens is 1. The molecular formula is C18H12Cl3N5. The number of anilines is 1. The van der Waals surface area contributed by atoms with Crippen molar-refractivity contribution in [3.05, 3.63) is 69.6 Å². The highest BCUT2D eigenvalue weighted by Crippen LogP contribution is 2.27. The predicted octanol–water partition coefficient (Wildman–Crippen LogP) is 5.59. The van der Waals surface area contributed by atoms with Crippen LogP contribution in [0.4, 0.5) is 5.82 Å². The largest absolute Gasteiger partial charge is 0.366 e. The van der Waals surface area contributed by atoms with Gasteiger partial charge in [-0.05, 0) is 29.8 Å². The summed E-state index contributed by atoms with van der Waals surface area (Å²) in [4.78, 5) is 16.3. The van der Waals surface area contributed by atoms with Crippen molar-refractivity contribution in [1.82, 2.24) is 19.9 Å².